The molecule has 1 fully saturated rings. The van der Waals surface area contributed by atoms with Crippen LogP contribution in [-0.4, -0.2) is 29.6 Å². The molecule has 0 spiro atoms. The topological polar surface area (TPSA) is 49.8 Å². The van der Waals surface area contributed by atoms with Crippen LogP contribution >= 0.6 is 0 Å². The monoisotopic (exact) mass is 192 g/mol. The van der Waals surface area contributed by atoms with Crippen LogP contribution in [-0.2, 0) is 0 Å². The van der Waals surface area contributed by atoms with Gasteiger partial charge in [0.2, 0.25) is 0 Å². The summed E-state index contributed by atoms with van der Waals surface area (Å²) in [5.74, 6) is 1.68. The highest BCUT2D eigenvalue weighted by Gasteiger charge is 2.13. The van der Waals surface area contributed by atoms with Crippen LogP contribution in [0.5, 0.6) is 0 Å². The molecule has 1 unspecified atom stereocenters. The maximum atomic E-state index is 4.16. The van der Waals surface area contributed by atoms with Crippen LogP contribution in [0.25, 0.3) is 0 Å². The number of aryl methyl sites for hydroxylation is 1. The van der Waals surface area contributed by atoms with Crippen molar-refractivity contribution < 1.29 is 0 Å². The molecule has 1 aromatic heterocycles. The number of hydrogen-bond donors (Lipinski definition) is 2. The van der Waals surface area contributed by atoms with E-state index in [1.807, 2.05) is 13.0 Å². The van der Waals surface area contributed by atoms with E-state index in [1.165, 1.54) is 6.42 Å². The van der Waals surface area contributed by atoms with Gasteiger partial charge in [0.15, 0.2) is 0 Å². The second-order valence-corrected chi connectivity index (χ2v) is 3.78. The van der Waals surface area contributed by atoms with Gasteiger partial charge >= 0.3 is 0 Å². The Morgan fingerprint density at radius 2 is 2.50 bits per heavy atom. The average molecular weight is 192 g/mol. The summed E-state index contributed by atoms with van der Waals surface area (Å²) >= 11 is 0. The van der Waals surface area contributed by atoms with Crippen molar-refractivity contribution in [2.24, 2.45) is 5.92 Å². The average Bonchev–Trinajstić information content (AvgIpc) is 2.67. The van der Waals surface area contributed by atoms with E-state index in [9.17, 15) is 0 Å². The van der Waals surface area contributed by atoms with Crippen LogP contribution in [0, 0.1) is 12.8 Å². The lowest BCUT2D eigenvalue weighted by Gasteiger charge is -2.10. The Kier molecular flexibility index (Phi) is 2.93. The zero-order chi connectivity index (χ0) is 9.80. The fourth-order valence-electron chi connectivity index (χ4n) is 1.69. The van der Waals surface area contributed by atoms with Gasteiger partial charge in [0.1, 0.15) is 12.1 Å². The van der Waals surface area contributed by atoms with Crippen LogP contribution < -0.4 is 10.6 Å². The van der Waals surface area contributed by atoms with Crippen molar-refractivity contribution in [2.75, 3.05) is 25.0 Å². The van der Waals surface area contributed by atoms with Crippen LogP contribution in [0.1, 0.15) is 12.1 Å². The van der Waals surface area contributed by atoms with Crippen molar-refractivity contribution in [1.82, 2.24) is 15.3 Å². The number of hydrogen-bond acceptors (Lipinski definition) is 4. The number of nitrogens with zero attached hydrogens (tertiary/aromatic N) is 2. The minimum absolute atomic E-state index is 0.741. The first kappa shape index (κ1) is 9.40. The van der Waals surface area contributed by atoms with Crippen LogP contribution in [0.3, 0.4) is 0 Å². The molecule has 0 amide bonds. The van der Waals surface area contributed by atoms with Crippen molar-refractivity contribution in [1.29, 1.82) is 0 Å². The quantitative estimate of drug-likeness (QED) is 0.744. The second-order valence-electron chi connectivity index (χ2n) is 3.78. The summed E-state index contributed by atoms with van der Waals surface area (Å²) in [6.07, 6.45) is 2.86. The van der Waals surface area contributed by atoms with Gasteiger partial charge in [-0.2, -0.15) is 0 Å². The first-order chi connectivity index (χ1) is 6.84. The molecular formula is C10H16N4. The van der Waals surface area contributed by atoms with E-state index in [0.29, 0.717) is 0 Å². The Morgan fingerprint density at radius 3 is 3.21 bits per heavy atom. The summed E-state index contributed by atoms with van der Waals surface area (Å²) in [7, 11) is 0. The SMILES string of the molecule is Cc1cc(NCC2CCNC2)ncn1. The van der Waals surface area contributed by atoms with E-state index in [1.54, 1.807) is 6.33 Å². The molecule has 1 aromatic rings. The number of aromatic nitrogens is 2. The van der Waals surface area contributed by atoms with Crippen molar-refractivity contribution in [2.45, 2.75) is 13.3 Å². The highest BCUT2D eigenvalue weighted by Crippen LogP contribution is 2.09. The minimum Gasteiger partial charge on any atom is -0.370 e. The third-order valence-corrected chi connectivity index (χ3v) is 2.54. The summed E-state index contributed by atoms with van der Waals surface area (Å²) < 4.78 is 0. The fraction of sp³-hybridized carbons (Fsp3) is 0.600. The predicted octanol–water partition coefficient (Wildman–Crippen LogP) is 0.806. The van der Waals surface area contributed by atoms with Crippen LogP contribution in [0.2, 0.25) is 0 Å². The summed E-state index contributed by atoms with van der Waals surface area (Å²) in [6.45, 7) is 5.25. The van der Waals surface area contributed by atoms with Gasteiger partial charge < -0.3 is 10.6 Å². The van der Waals surface area contributed by atoms with Gasteiger partial charge in [0, 0.05) is 18.3 Å². The summed E-state index contributed by atoms with van der Waals surface area (Å²) in [5.41, 5.74) is 1.01. The summed E-state index contributed by atoms with van der Waals surface area (Å²) in [6, 6.07) is 1.97. The molecule has 1 atom stereocenters. The fourth-order valence-corrected chi connectivity index (χ4v) is 1.69. The highest BCUT2D eigenvalue weighted by molar-refractivity contribution is 5.34. The number of nitrogens with one attached hydrogen (secondary N) is 2. The Hall–Kier alpha value is -1.16. The van der Waals surface area contributed by atoms with Crippen molar-refractivity contribution in [3.8, 4) is 0 Å². The maximum Gasteiger partial charge on any atom is 0.129 e. The molecule has 76 valence electrons. The van der Waals surface area contributed by atoms with E-state index < -0.39 is 0 Å². The molecule has 1 aliphatic heterocycles. The summed E-state index contributed by atoms with van der Waals surface area (Å²) in [4.78, 5) is 8.21. The molecule has 14 heavy (non-hydrogen) atoms. The van der Waals surface area contributed by atoms with E-state index >= 15 is 0 Å². The molecule has 0 aliphatic carbocycles. The van der Waals surface area contributed by atoms with Crippen molar-refractivity contribution in [3.63, 3.8) is 0 Å². The molecular weight excluding hydrogens is 176 g/mol. The molecule has 2 heterocycles. The third kappa shape index (κ3) is 2.42. The van der Waals surface area contributed by atoms with E-state index in [-0.39, 0.29) is 0 Å². The lowest BCUT2D eigenvalue weighted by molar-refractivity contribution is 0.614. The molecule has 0 bridgehead atoms. The molecule has 2 N–H and O–H groups in total. The Balaban J connectivity index is 1.85. The van der Waals surface area contributed by atoms with Crippen LogP contribution in [0.4, 0.5) is 5.82 Å². The van der Waals surface area contributed by atoms with Crippen molar-refractivity contribution in [3.05, 3.63) is 18.1 Å². The minimum atomic E-state index is 0.741. The molecule has 0 aromatic carbocycles. The van der Waals surface area contributed by atoms with Gasteiger partial charge in [-0.05, 0) is 32.4 Å². The number of rotatable bonds is 3. The van der Waals surface area contributed by atoms with Crippen molar-refractivity contribution >= 4 is 5.82 Å². The van der Waals surface area contributed by atoms with Gasteiger partial charge in [0.05, 0.1) is 0 Å². The molecule has 0 radical (unpaired) electrons. The Labute approximate surface area is 84.2 Å². The molecule has 1 aliphatic rings. The zero-order valence-electron chi connectivity index (χ0n) is 8.45. The third-order valence-electron chi connectivity index (χ3n) is 2.54. The first-order valence-electron chi connectivity index (χ1n) is 5.08. The van der Waals surface area contributed by atoms with Gasteiger partial charge in [-0.1, -0.05) is 0 Å². The largest absolute Gasteiger partial charge is 0.370 e. The van der Waals surface area contributed by atoms with Crippen LogP contribution in [0.15, 0.2) is 12.4 Å². The normalized spacial score (nSPS) is 21.1. The molecule has 4 nitrogen and oxygen atoms in total. The van der Waals surface area contributed by atoms with Gasteiger partial charge in [0.25, 0.3) is 0 Å². The Bertz CT molecular complexity index is 294. The molecule has 4 heteroatoms. The second kappa shape index (κ2) is 4.37. The lowest BCUT2D eigenvalue weighted by Crippen LogP contribution is -2.17. The van der Waals surface area contributed by atoms with E-state index in [2.05, 4.69) is 20.6 Å². The zero-order valence-corrected chi connectivity index (χ0v) is 8.45. The summed E-state index contributed by atoms with van der Waals surface area (Å²) in [5, 5.41) is 6.68. The molecule has 2 rings (SSSR count). The smallest absolute Gasteiger partial charge is 0.129 e. The maximum absolute atomic E-state index is 4.16. The highest BCUT2D eigenvalue weighted by atomic mass is 15.0. The van der Waals surface area contributed by atoms with Gasteiger partial charge in [-0.25, -0.2) is 9.97 Å². The van der Waals surface area contributed by atoms with Gasteiger partial charge in [-0.15, -0.1) is 0 Å². The molecule has 1 saturated heterocycles. The van der Waals surface area contributed by atoms with E-state index in [4.69, 9.17) is 0 Å². The molecule has 0 saturated carbocycles. The predicted molar refractivity (Wildman–Crippen MR) is 56.2 cm³/mol. The number of anilines is 1. The van der Waals surface area contributed by atoms with E-state index in [0.717, 1.165) is 37.1 Å². The Morgan fingerprint density at radius 1 is 1.57 bits per heavy atom. The van der Waals surface area contributed by atoms with Gasteiger partial charge in [-0.3, -0.25) is 0 Å². The lowest BCUT2D eigenvalue weighted by atomic mass is 10.1. The first-order valence-corrected chi connectivity index (χ1v) is 5.08. The standard InChI is InChI=1S/C10H16N4/c1-8-4-10(14-7-13-8)12-6-9-2-3-11-5-9/h4,7,9,11H,2-3,5-6H2,1H3,(H,12,13,14).